The Morgan fingerprint density at radius 2 is 2.05 bits per heavy atom. The highest BCUT2D eigenvalue weighted by Crippen LogP contribution is 2.22. The van der Waals surface area contributed by atoms with E-state index in [1.165, 1.54) is 0 Å². The van der Waals surface area contributed by atoms with Crippen molar-refractivity contribution in [2.45, 2.75) is 6.92 Å². The number of nitrogens with one attached hydrogen (secondary N) is 1. The summed E-state index contributed by atoms with van der Waals surface area (Å²) in [5, 5.41) is 0.987. The number of amides is 1. The molecule has 0 unspecified atom stereocenters. The molecule has 0 atom stereocenters. The number of rotatable bonds is 2. The molecule has 2 aromatic rings. The normalized spacial score (nSPS) is 16.8. The molecular formula is C15H20N4O. The third-order valence-corrected chi connectivity index (χ3v) is 4.03. The zero-order chi connectivity index (χ0) is 14.1. The van der Waals surface area contributed by atoms with Gasteiger partial charge in [-0.15, -0.1) is 0 Å². The van der Waals surface area contributed by atoms with Gasteiger partial charge in [0.15, 0.2) is 0 Å². The number of aromatic amines is 1. The van der Waals surface area contributed by atoms with E-state index >= 15 is 0 Å². The number of anilines is 1. The molecule has 0 spiro atoms. The molecule has 1 aromatic carbocycles. The van der Waals surface area contributed by atoms with Crippen LogP contribution < -0.4 is 5.73 Å². The van der Waals surface area contributed by atoms with Gasteiger partial charge in [0.2, 0.25) is 0 Å². The van der Waals surface area contributed by atoms with Crippen LogP contribution in [0.25, 0.3) is 10.9 Å². The van der Waals surface area contributed by atoms with Gasteiger partial charge in [-0.3, -0.25) is 4.79 Å². The van der Waals surface area contributed by atoms with Crippen LogP contribution in [0.5, 0.6) is 0 Å². The van der Waals surface area contributed by atoms with Gasteiger partial charge in [-0.25, -0.2) is 0 Å². The van der Waals surface area contributed by atoms with E-state index in [9.17, 15) is 4.79 Å². The van der Waals surface area contributed by atoms with Crippen LogP contribution in [-0.2, 0) is 0 Å². The smallest absolute Gasteiger partial charge is 0.270 e. The number of carbonyl (C=O) groups excluding carboxylic acids is 1. The van der Waals surface area contributed by atoms with Crippen molar-refractivity contribution in [2.24, 2.45) is 0 Å². The maximum absolute atomic E-state index is 12.5. The fraction of sp³-hybridized carbons (Fsp3) is 0.400. The van der Waals surface area contributed by atoms with Crippen molar-refractivity contribution in [3.05, 3.63) is 30.0 Å². The predicted molar refractivity (Wildman–Crippen MR) is 80.7 cm³/mol. The third-order valence-electron chi connectivity index (χ3n) is 4.03. The SMILES string of the molecule is CCN1CCN(C(=O)c2cc3cccc(N)c3[nH]2)CC1. The van der Waals surface area contributed by atoms with Crippen LogP contribution in [-0.4, -0.2) is 53.4 Å². The molecule has 1 amide bonds. The van der Waals surface area contributed by atoms with Crippen molar-refractivity contribution < 1.29 is 4.79 Å². The van der Waals surface area contributed by atoms with Gasteiger partial charge in [0, 0.05) is 31.6 Å². The van der Waals surface area contributed by atoms with E-state index in [0.717, 1.165) is 43.6 Å². The summed E-state index contributed by atoms with van der Waals surface area (Å²) in [7, 11) is 0. The Kier molecular flexibility index (Phi) is 3.36. The Hall–Kier alpha value is -2.01. The van der Waals surface area contributed by atoms with E-state index in [-0.39, 0.29) is 5.91 Å². The number of para-hydroxylation sites is 1. The van der Waals surface area contributed by atoms with Crippen LogP contribution in [0.3, 0.4) is 0 Å². The minimum atomic E-state index is 0.0661. The summed E-state index contributed by atoms with van der Waals surface area (Å²) in [6.45, 7) is 6.67. The number of H-pyrrole nitrogens is 1. The molecule has 1 aliphatic rings. The molecule has 20 heavy (non-hydrogen) atoms. The molecule has 1 fully saturated rings. The summed E-state index contributed by atoms with van der Waals surface area (Å²) in [6.07, 6.45) is 0. The zero-order valence-electron chi connectivity index (χ0n) is 11.7. The molecule has 106 valence electrons. The second-order valence-electron chi connectivity index (χ2n) is 5.22. The number of aromatic nitrogens is 1. The van der Waals surface area contributed by atoms with Crippen LogP contribution in [0.15, 0.2) is 24.3 Å². The standard InChI is InChI=1S/C15H20N4O/c1-2-18-6-8-19(9-7-18)15(20)13-10-11-4-3-5-12(16)14(11)17-13/h3-5,10,17H,2,6-9,16H2,1H3. The van der Waals surface area contributed by atoms with Crippen molar-refractivity contribution in [3.63, 3.8) is 0 Å². The Morgan fingerprint density at radius 3 is 2.70 bits per heavy atom. The first-order valence-corrected chi connectivity index (χ1v) is 7.08. The van der Waals surface area contributed by atoms with Gasteiger partial charge >= 0.3 is 0 Å². The van der Waals surface area contributed by atoms with Gasteiger partial charge in [0.1, 0.15) is 5.69 Å². The van der Waals surface area contributed by atoms with E-state index in [1.807, 2.05) is 29.2 Å². The molecule has 0 bridgehead atoms. The summed E-state index contributed by atoms with van der Waals surface area (Å²) in [5.41, 5.74) is 8.08. The topological polar surface area (TPSA) is 65.4 Å². The minimum absolute atomic E-state index is 0.0661. The highest BCUT2D eigenvalue weighted by molar-refractivity contribution is 6.00. The van der Waals surface area contributed by atoms with E-state index in [2.05, 4.69) is 16.8 Å². The third kappa shape index (κ3) is 2.25. The number of benzene rings is 1. The second-order valence-corrected chi connectivity index (χ2v) is 5.22. The Labute approximate surface area is 118 Å². The number of nitrogen functional groups attached to an aromatic ring is 1. The minimum Gasteiger partial charge on any atom is -0.397 e. The summed E-state index contributed by atoms with van der Waals surface area (Å²) < 4.78 is 0. The molecule has 5 nitrogen and oxygen atoms in total. The molecule has 0 aliphatic carbocycles. The summed E-state index contributed by atoms with van der Waals surface area (Å²) in [6, 6.07) is 7.60. The number of hydrogen-bond acceptors (Lipinski definition) is 3. The molecular weight excluding hydrogens is 252 g/mol. The highest BCUT2D eigenvalue weighted by atomic mass is 16.2. The van der Waals surface area contributed by atoms with Gasteiger partial charge in [0.25, 0.3) is 5.91 Å². The van der Waals surface area contributed by atoms with E-state index in [4.69, 9.17) is 5.73 Å². The largest absolute Gasteiger partial charge is 0.397 e. The lowest BCUT2D eigenvalue weighted by Gasteiger charge is -2.33. The Morgan fingerprint density at radius 1 is 1.30 bits per heavy atom. The molecule has 1 aromatic heterocycles. The second kappa shape index (κ2) is 5.17. The zero-order valence-corrected chi connectivity index (χ0v) is 11.7. The fourth-order valence-corrected chi connectivity index (χ4v) is 2.73. The number of fused-ring (bicyclic) bond motifs is 1. The number of carbonyl (C=O) groups is 1. The summed E-state index contributed by atoms with van der Waals surface area (Å²) in [4.78, 5) is 19.9. The van der Waals surface area contributed by atoms with Crippen LogP contribution in [0, 0.1) is 0 Å². The van der Waals surface area contributed by atoms with E-state index in [0.29, 0.717) is 11.4 Å². The maximum Gasteiger partial charge on any atom is 0.270 e. The van der Waals surface area contributed by atoms with Crippen LogP contribution in [0.4, 0.5) is 5.69 Å². The van der Waals surface area contributed by atoms with Crippen molar-refractivity contribution in [1.29, 1.82) is 0 Å². The molecule has 0 radical (unpaired) electrons. The molecule has 2 heterocycles. The maximum atomic E-state index is 12.5. The number of likely N-dealkylation sites (N-methyl/N-ethyl adjacent to an activating group) is 1. The summed E-state index contributed by atoms with van der Waals surface area (Å²) in [5.74, 6) is 0.0661. The lowest BCUT2D eigenvalue weighted by molar-refractivity contribution is 0.0638. The van der Waals surface area contributed by atoms with E-state index < -0.39 is 0 Å². The molecule has 0 saturated carbocycles. The molecule has 1 saturated heterocycles. The number of nitrogens with two attached hydrogens (primary N) is 1. The average molecular weight is 272 g/mol. The lowest BCUT2D eigenvalue weighted by atomic mass is 10.2. The molecule has 3 N–H and O–H groups in total. The summed E-state index contributed by atoms with van der Waals surface area (Å²) >= 11 is 0. The van der Waals surface area contributed by atoms with Crippen LogP contribution >= 0.6 is 0 Å². The first kappa shape index (κ1) is 13.0. The van der Waals surface area contributed by atoms with Gasteiger partial charge < -0.3 is 20.5 Å². The highest BCUT2D eigenvalue weighted by Gasteiger charge is 2.22. The first-order valence-electron chi connectivity index (χ1n) is 7.08. The average Bonchev–Trinajstić information content (AvgIpc) is 2.92. The van der Waals surface area contributed by atoms with Crippen molar-refractivity contribution >= 4 is 22.5 Å². The molecule has 5 heteroatoms. The van der Waals surface area contributed by atoms with E-state index in [1.54, 1.807) is 0 Å². The number of nitrogens with zero attached hydrogens (tertiary/aromatic N) is 2. The monoisotopic (exact) mass is 272 g/mol. The molecule has 3 rings (SSSR count). The fourth-order valence-electron chi connectivity index (χ4n) is 2.73. The Bertz CT molecular complexity index is 626. The first-order chi connectivity index (χ1) is 9.69. The number of hydrogen-bond donors (Lipinski definition) is 2. The quantitative estimate of drug-likeness (QED) is 0.815. The van der Waals surface area contributed by atoms with Crippen molar-refractivity contribution in [2.75, 3.05) is 38.5 Å². The van der Waals surface area contributed by atoms with Gasteiger partial charge in [-0.1, -0.05) is 19.1 Å². The van der Waals surface area contributed by atoms with Gasteiger partial charge in [0.05, 0.1) is 11.2 Å². The molecule has 1 aliphatic heterocycles. The lowest BCUT2D eigenvalue weighted by Crippen LogP contribution is -2.48. The van der Waals surface area contributed by atoms with Crippen LogP contribution in [0.1, 0.15) is 17.4 Å². The van der Waals surface area contributed by atoms with Crippen LogP contribution in [0.2, 0.25) is 0 Å². The van der Waals surface area contributed by atoms with Gasteiger partial charge in [-0.05, 0) is 18.7 Å². The van der Waals surface area contributed by atoms with Crippen molar-refractivity contribution in [3.8, 4) is 0 Å². The van der Waals surface area contributed by atoms with Crippen molar-refractivity contribution in [1.82, 2.24) is 14.8 Å². The predicted octanol–water partition coefficient (Wildman–Crippen LogP) is 1.53. The number of piperazine rings is 1. The van der Waals surface area contributed by atoms with Gasteiger partial charge in [-0.2, -0.15) is 0 Å². The Balaban J connectivity index is 1.81.